The summed E-state index contributed by atoms with van der Waals surface area (Å²) in [7, 11) is 0. The van der Waals surface area contributed by atoms with E-state index in [9.17, 15) is 4.79 Å². The van der Waals surface area contributed by atoms with E-state index in [-0.39, 0.29) is 6.03 Å². The largest absolute Gasteiger partial charge is 0.357 e. The molecule has 5 nitrogen and oxygen atoms in total. The Morgan fingerprint density at radius 2 is 1.87 bits per heavy atom. The van der Waals surface area contributed by atoms with Crippen molar-refractivity contribution in [2.75, 3.05) is 23.3 Å². The van der Waals surface area contributed by atoms with Gasteiger partial charge >= 0.3 is 6.03 Å². The summed E-state index contributed by atoms with van der Waals surface area (Å²) in [4.78, 5) is 18.6. The van der Waals surface area contributed by atoms with Gasteiger partial charge in [0, 0.05) is 19.6 Å². The Kier molecular flexibility index (Phi) is 4.76. The smallest absolute Gasteiger partial charge is 0.319 e. The molecule has 1 aliphatic heterocycles. The second-order valence-corrected chi connectivity index (χ2v) is 5.89. The van der Waals surface area contributed by atoms with Crippen LogP contribution in [-0.2, 0) is 6.54 Å². The van der Waals surface area contributed by atoms with Gasteiger partial charge in [-0.25, -0.2) is 9.78 Å². The molecule has 0 saturated carbocycles. The van der Waals surface area contributed by atoms with E-state index < -0.39 is 0 Å². The van der Waals surface area contributed by atoms with Crippen LogP contribution in [0.4, 0.5) is 16.3 Å². The molecule has 2 aromatic rings. The molecule has 0 unspecified atom stereocenters. The van der Waals surface area contributed by atoms with Gasteiger partial charge in [-0.15, -0.1) is 0 Å². The second-order valence-electron chi connectivity index (χ2n) is 5.89. The Morgan fingerprint density at radius 3 is 2.52 bits per heavy atom. The van der Waals surface area contributed by atoms with Gasteiger partial charge in [0.2, 0.25) is 0 Å². The minimum absolute atomic E-state index is 0.221. The van der Waals surface area contributed by atoms with E-state index in [1.807, 2.05) is 43.3 Å². The maximum atomic E-state index is 11.9. The highest BCUT2D eigenvalue weighted by Gasteiger charge is 2.13. The third kappa shape index (κ3) is 4.22. The van der Waals surface area contributed by atoms with Crippen molar-refractivity contribution in [3.05, 3.63) is 53.7 Å². The van der Waals surface area contributed by atoms with Crippen molar-refractivity contribution in [1.82, 2.24) is 10.3 Å². The molecule has 1 aliphatic rings. The van der Waals surface area contributed by atoms with E-state index in [0.717, 1.165) is 24.5 Å². The summed E-state index contributed by atoms with van der Waals surface area (Å²) in [5.74, 6) is 0.980. The van der Waals surface area contributed by atoms with E-state index >= 15 is 0 Å². The van der Waals surface area contributed by atoms with Crippen molar-refractivity contribution in [3.63, 3.8) is 0 Å². The molecule has 2 N–H and O–H groups in total. The monoisotopic (exact) mass is 310 g/mol. The minimum atomic E-state index is -0.221. The summed E-state index contributed by atoms with van der Waals surface area (Å²) < 4.78 is 0. The second kappa shape index (κ2) is 7.13. The van der Waals surface area contributed by atoms with Crippen LogP contribution in [0.15, 0.2) is 42.6 Å². The average Bonchev–Trinajstić information content (AvgIpc) is 3.09. The molecular formula is C18H22N4O. The number of rotatable bonds is 4. The fraction of sp³-hybridized carbons (Fsp3) is 0.333. The number of carbonyl (C=O) groups excluding carboxylic acids is 1. The molecule has 1 saturated heterocycles. The van der Waals surface area contributed by atoms with Gasteiger partial charge in [0.05, 0.1) is 11.9 Å². The van der Waals surface area contributed by atoms with Crippen LogP contribution in [0.25, 0.3) is 0 Å². The number of nitrogens with one attached hydrogen (secondary N) is 2. The molecule has 1 fully saturated rings. The zero-order chi connectivity index (χ0) is 16.1. The first-order valence-electron chi connectivity index (χ1n) is 8.02. The van der Waals surface area contributed by atoms with Crippen LogP contribution in [0.2, 0.25) is 0 Å². The fourth-order valence-corrected chi connectivity index (χ4v) is 2.66. The average molecular weight is 310 g/mol. The normalized spacial score (nSPS) is 13.9. The Morgan fingerprint density at radius 1 is 1.13 bits per heavy atom. The lowest BCUT2D eigenvalue weighted by molar-refractivity contribution is 0.251. The van der Waals surface area contributed by atoms with Crippen LogP contribution in [0, 0.1) is 6.92 Å². The molecule has 23 heavy (non-hydrogen) atoms. The van der Waals surface area contributed by atoms with E-state index in [1.54, 1.807) is 6.20 Å². The highest BCUT2D eigenvalue weighted by Crippen LogP contribution is 2.18. The van der Waals surface area contributed by atoms with Crippen molar-refractivity contribution < 1.29 is 4.79 Å². The third-order valence-corrected chi connectivity index (χ3v) is 4.01. The number of nitrogens with zero attached hydrogens (tertiary/aromatic N) is 2. The highest BCUT2D eigenvalue weighted by molar-refractivity contribution is 5.89. The van der Waals surface area contributed by atoms with Gasteiger partial charge in [-0.05, 0) is 37.5 Å². The van der Waals surface area contributed by atoms with Crippen molar-refractivity contribution in [3.8, 4) is 0 Å². The molecule has 3 rings (SSSR count). The van der Waals surface area contributed by atoms with Gasteiger partial charge in [-0.1, -0.05) is 29.8 Å². The van der Waals surface area contributed by atoms with Gasteiger partial charge in [0.25, 0.3) is 0 Å². The van der Waals surface area contributed by atoms with Gasteiger partial charge in [-0.2, -0.15) is 0 Å². The van der Waals surface area contributed by atoms with Crippen LogP contribution in [0.5, 0.6) is 0 Å². The fourth-order valence-electron chi connectivity index (χ4n) is 2.66. The van der Waals surface area contributed by atoms with Crippen LogP contribution in [0.1, 0.15) is 24.0 Å². The quantitative estimate of drug-likeness (QED) is 0.911. The molecule has 5 heteroatoms. The molecule has 0 aliphatic carbocycles. The number of hydrogen-bond acceptors (Lipinski definition) is 3. The van der Waals surface area contributed by atoms with Crippen LogP contribution >= 0.6 is 0 Å². The van der Waals surface area contributed by atoms with Crippen molar-refractivity contribution in [2.45, 2.75) is 26.3 Å². The molecule has 2 amide bonds. The Labute approximate surface area is 136 Å². The molecule has 1 aromatic heterocycles. The van der Waals surface area contributed by atoms with E-state index in [0.29, 0.717) is 12.2 Å². The Hall–Kier alpha value is -2.56. The number of hydrogen-bond donors (Lipinski definition) is 2. The third-order valence-electron chi connectivity index (χ3n) is 4.01. The number of anilines is 2. The molecule has 0 spiro atoms. The molecule has 2 heterocycles. The lowest BCUT2D eigenvalue weighted by Crippen LogP contribution is -2.28. The summed E-state index contributed by atoms with van der Waals surface area (Å²) in [5, 5.41) is 5.66. The zero-order valence-corrected chi connectivity index (χ0v) is 13.4. The van der Waals surface area contributed by atoms with E-state index in [2.05, 4.69) is 20.5 Å². The molecule has 0 atom stereocenters. The highest BCUT2D eigenvalue weighted by atomic mass is 16.2. The predicted octanol–water partition coefficient (Wildman–Crippen LogP) is 3.31. The number of carbonyl (C=O) groups is 1. The number of pyridine rings is 1. The van der Waals surface area contributed by atoms with Gasteiger partial charge in [0.1, 0.15) is 5.82 Å². The lowest BCUT2D eigenvalue weighted by atomic mass is 10.1. The van der Waals surface area contributed by atoms with Crippen molar-refractivity contribution in [2.24, 2.45) is 0 Å². The summed E-state index contributed by atoms with van der Waals surface area (Å²) >= 11 is 0. The zero-order valence-electron chi connectivity index (χ0n) is 13.4. The minimum Gasteiger partial charge on any atom is -0.357 e. The first kappa shape index (κ1) is 15.3. The molecular weight excluding hydrogens is 288 g/mol. The first-order valence-corrected chi connectivity index (χ1v) is 8.02. The van der Waals surface area contributed by atoms with Gasteiger partial charge in [-0.3, -0.25) is 0 Å². The summed E-state index contributed by atoms with van der Waals surface area (Å²) in [6.45, 7) is 4.68. The maximum Gasteiger partial charge on any atom is 0.319 e. The van der Waals surface area contributed by atoms with E-state index in [4.69, 9.17) is 0 Å². The standard InChI is InChI=1S/C18H22N4O/c1-14-4-6-15(7-5-14)12-20-18(23)21-16-8-9-17(19-13-16)22-10-2-3-11-22/h4-9,13H,2-3,10-12H2,1H3,(H2,20,21,23). The number of aryl methyl sites for hydroxylation is 1. The Bertz CT molecular complexity index is 646. The number of aromatic nitrogens is 1. The molecule has 0 bridgehead atoms. The van der Waals surface area contributed by atoms with Crippen molar-refractivity contribution in [1.29, 1.82) is 0 Å². The summed E-state index contributed by atoms with van der Waals surface area (Å²) in [6.07, 6.45) is 4.16. The van der Waals surface area contributed by atoms with Crippen molar-refractivity contribution >= 4 is 17.5 Å². The Balaban J connectivity index is 1.50. The lowest BCUT2D eigenvalue weighted by Gasteiger charge is -2.16. The number of amides is 2. The number of benzene rings is 1. The molecule has 1 aromatic carbocycles. The first-order chi connectivity index (χ1) is 11.2. The van der Waals surface area contributed by atoms with Crippen LogP contribution < -0.4 is 15.5 Å². The molecule has 120 valence electrons. The van der Waals surface area contributed by atoms with Gasteiger partial charge < -0.3 is 15.5 Å². The predicted molar refractivity (Wildman–Crippen MR) is 92.7 cm³/mol. The van der Waals surface area contributed by atoms with E-state index in [1.165, 1.54) is 18.4 Å². The number of urea groups is 1. The van der Waals surface area contributed by atoms with Gasteiger partial charge in [0.15, 0.2) is 0 Å². The van der Waals surface area contributed by atoms with Crippen LogP contribution in [0.3, 0.4) is 0 Å². The summed E-state index contributed by atoms with van der Waals surface area (Å²) in [6, 6.07) is 11.7. The maximum absolute atomic E-state index is 11.9. The van der Waals surface area contributed by atoms with Crippen LogP contribution in [-0.4, -0.2) is 24.1 Å². The molecule has 0 radical (unpaired) electrons. The SMILES string of the molecule is Cc1ccc(CNC(=O)Nc2ccc(N3CCCC3)nc2)cc1. The topological polar surface area (TPSA) is 57.3 Å². The summed E-state index contributed by atoms with van der Waals surface area (Å²) in [5.41, 5.74) is 2.99.